The van der Waals surface area contributed by atoms with Gasteiger partial charge in [-0.25, -0.2) is 13.6 Å². The molecule has 0 saturated carbocycles. The number of nitrogens with one attached hydrogen (secondary N) is 2. The minimum atomic E-state index is -1.49. The number of rotatable bonds is 14. The number of ether oxygens (including phenoxy) is 1. The summed E-state index contributed by atoms with van der Waals surface area (Å²) in [6, 6.07) is 15.6. The zero-order valence-corrected chi connectivity index (χ0v) is 23.9. The molecule has 5 N–H and O–H groups in total. The van der Waals surface area contributed by atoms with Gasteiger partial charge >= 0.3 is 5.97 Å². The summed E-state index contributed by atoms with van der Waals surface area (Å²) >= 11 is 1.24. The van der Waals surface area contributed by atoms with Gasteiger partial charge in [-0.1, -0.05) is 24.3 Å². The van der Waals surface area contributed by atoms with Gasteiger partial charge in [0.25, 0.3) is 5.91 Å². The maximum absolute atomic E-state index is 13.6. The molecule has 3 amide bonds. The van der Waals surface area contributed by atoms with Crippen molar-refractivity contribution in [3.8, 4) is 5.75 Å². The van der Waals surface area contributed by atoms with Crippen molar-refractivity contribution in [1.29, 1.82) is 0 Å². The molecule has 14 heteroatoms. The molecule has 44 heavy (non-hydrogen) atoms. The van der Waals surface area contributed by atoms with Crippen molar-refractivity contribution in [2.24, 2.45) is 0 Å². The maximum atomic E-state index is 13.6. The largest absolute Gasteiger partial charge is 0.484 e. The van der Waals surface area contributed by atoms with Crippen molar-refractivity contribution in [2.75, 3.05) is 30.4 Å². The highest BCUT2D eigenvalue weighted by Gasteiger charge is 2.49. The molecule has 1 aliphatic heterocycles. The van der Waals surface area contributed by atoms with Crippen LogP contribution in [0.1, 0.15) is 23.3 Å². The van der Waals surface area contributed by atoms with Crippen LogP contribution in [0.5, 0.6) is 5.75 Å². The molecule has 3 aromatic carbocycles. The van der Waals surface area contributed by atoms with E-state index in [1.54, 1.807) is 24.3 Å². The van der Waals surface area contributed by atoms with Crippen LogP contribution in [0.25, 0.3) is 0 Å². The summed E-state index contributed by atoms with van der Waals surface area (Å²) in [5.74, 6) is -3.50. The van der Waals surface area contributed by atoms with E-state index in [1.165, 1.54) is 65.2 Å². The Morgan fingerprint density at radius 3 is 2.14 bits per heavy atom. The zero-order chi connectivity index (χ0) is 31.8. The molecule has 4 atom stereocenters. The predicted octanol–water partition coefficient (Wildman–Crippen LogP) is 1.94. The minimum absolute atomic E-state index is 0.168. The molecule has 1 heterocycles. The van der Waals surface area contributed by atoms with E-state index in [0.717, 1.165) is 0 Å². The number of halogens is 2. The van der Waals surface area contributed by atoms with Crippen LogP contribution in [0.2, 0.25) is 0 Å². The minimum Gasteiger partial charge on any atom is -0.484 e. The molecule has 0 radical (unpaired) electrons. The number of hydrogen-bond donors (Lipinski definition) is 5. The topological polar surface area (TPSA) is 165 Å². The van der Waals surface area contributed by atoms with Crippen molar-refractivity contribution >= 4 is 41.1 Å². The summed E-state index contributed by atoms with van der Waals surface area (Å²) in [6.45, 7) is -1.77. The summed E-state index contributed by atoms with van der Waals surface area (Å²) in [5, 5.41) is 32.2. The summed E-state index contributed by atoms with van der Waals surface area (Å²) < 4.78 is 32.3. The maximum Gasteiger partial charge on any atom is 0.328 e. The fraction of sp³-hybridized carbons (Fsp3) is 0.267. The highest BCUT2D eigenvalue weighted by atomic mass is 32.2. The van der Waals surface area contributed by atoms with Crippen LogP contribution in [0.15, 0.2) is 72.8 Å². The van der Waals surface area contributed by atoms with Crippen LogP contribution < -0.4 is 20.3 Å². The van der Waals surface area contributed by atoms with E-state index in [1.807, 2.05) is 0 Å². The number of β-lactam (4-membered cyclic amide) rings is 1. The first kappa shape index (κ1) is 32.4. The van der Waals surface area contributed by atoms with Crippen LogP contribution in [-0.4, -0.2) is 75.8 Å². The lowest BCUT2D eigenvalue weighted by molar-refractivity contribution is -0.142. The lowest BCUT2D eigenvalue weighted by Gasteiger charge is -2.47. The molecule has 11 nitrogen and oxygen atoms in total. The lowest BCUT2D eigenvalue weighted by Crippen LogP contribution is -2.57. The van der Waals surface area contributed by atoms with Gasteiger partial charge in [0.1, 0.15) is 28.7 Å². The number of amides is 3. The Labute approximate surface area is 254 Å². The molecule has 1 unspecified atom stereocenters. The van der Waals surface area contributed by atoms with Crippen LogP contribution in [0.3, 0.4) is 0 Å². The molecule has 1 fully saturated rings. The number of carbonyl (C=O) groups excluding carboxylic acids is 3. The number of nitrogens with zero attached hydrogens (tertiary/aromatic N) is 1. The third-order valence-electron chi connectivity index (χ3n) is 6.69. The molecular formula is C30H29F2N3O8S. The van der Waals surface area contributed by atoms with Crippen molar-refractivity contribution in [3.05, 3.63) is 95.6 Å². The number of thioether (sulfide) groups is 1. The average molecular weight is 630 g/mol. The van der Waals surface area contributed by atoms with Crippen molar-refractivity contribution < 1.29 is 48.0 Å². The Morgan fingerprint density at radius 2 is 1.55 bits per heavy atom. The quantitative estimate of drug-likeness (QED) is 0.168. The Kier molecular flexibility index (Phi) is 10.9. The fourth-order valence-electron chi connectivity index (χ4n) is 4.39. The molecule has 0 spiro atoms. The van der Waals surface area contributed by atoms with Gasteiger partial charge in [-0.15, -0.1) is 11.8 Å². The highest BCUT2D eigenvalue weighted by molar-refractivity contribution is 8.00. The number of aliphatic carboxylic acids is 1. The number of anilines is 1. The summed E-state index contributed by atoms with van der Waals surface area (Å²) in [4.78, 5) is 49.5. The standard InChI is InChI=1S/C30H29F2N3O8S/c31-19-5-1-17(2-6-19)24(37)16-44-28-27(35(29(28)40)21-9-7-20(32)8-10-21)18-3-11-22(12-4-18)43-15-26(39)33-13-25(38)34-23(14-36)30(41)42/h1-12,23-24,27-28,36-37H,13-16H2,(H,33,39)(H,34,38)(H,41,42)/t23-,24?,27-,28-/m1/s1. The molecule has 0 aromatic heterocycles. The van der Waals surface area contributed by atoms with Crippen molar-refractivity contribution in [3.63, 3.8) is 0 Å². The summed E-state index contributed by atoms with van der Waals surface area (Å²) in [7, 11) is 0. The smallest absolute Gasteiger partial charge is 0.328 e. The average Bonchev–Trinajstić information content (AvgIpc) is 3.01. The number of carboxylic acids is 1. The van der Waals surface area contributed by atoms with E-state index in [9.17, 15) is 33.1 Å². The number of carbonyl (C=O) groups is 4. The number of benzene rings is 3. The van der Waals surface area contributed by atoms with E-state index < -0.39 is 72.6 Å². The summed E-state index contributed by atoms with van der Waals surface area (Å²) in [6.07, 6.45) is -0.935. The van der Waals surface area contributed by atoms with Crippen LogP contribution in [0.4, 0.5) is 14.5 Å². The van der Waals surface area contributed by atoms with E-state index in [0.29, 0.717) is 22.6 Å². The van der Waals surface area contributed by atoms with Crippen LogP contribution in [-0.2, 0) is 19.2 Å². The Hall–Kier alpha value is -4.53. The molecule has 0 bridgehead atoms. The molecule has 0 aliphatic carbocycles. The third-order valence-corrected chi connectivity index (χ3v) is 8.02. The molecule has 4 rings (SSSR count). The molecule has 3 aromatic rings. The zero-order valence-electron chi connectivity index (χ0n) is 23.1. The SMILES string of the molecule is O=C(COc1ccc([C@@H]2[C@@H](SCC(O)c3ccc(F)cc3)C(=O)N2c2ccc(F)cc2)cc1)NCC(=O)N[C@H](CO)C(=O)O. The van der Waals surface area contributed by atoms with Gasteiger partial charge in [-0.2, -0.15) is 0 Å². The lowest BCUT2D eigenvalue weighted by atomic mass is 9.92. The summed E-state index contributed by atoms with van der Waals surface area (Å²) in [5.41, 5.74) is 1.72. The van der Waals surface area contributed by atoms with Crippen LogP contribution in [0, 0.1) is 11.6 Å². The first-order valence-electron chi connectivity index (χ1n) is 13.3. The molecule has 1 saturated heterocycles. The normalized spacial score (nSPS) is 17.3. The van der Waals surface area contributed by atoms with Gasteiger partial charge in [0.15, 0.2) is 6.61 Å². The van der Waals surface area contributed by atoms with Gasteiger partial charge in [0.2, 0.25) is 11.8 Å². The molecule has 1 aliphatic rings. The highest BCUT2D eigenvalue weighted by Crippen LogP contribution is 2.46. The van der Waals surface area contributed by atoms with Gasteiger partial charge in [-0.05, 0) is 59.7 Å². The van der Waals surface area contributed by atoms with Gasteiger partial charge < -0.3 is 35.6 Å². The fourth-order valence-corrected chi connectivity index (χ4v) is 5.68. The van der Waals surface area contributed by atoms with Crippen molar-refractivity contribution in [1.82, 2.24) is 10.6 Å². The first-order valence-corrected chi connectivity index (χ1v) is 14.4. The number of aliphatic hydroxyl groups excluding tert-OH is 2. The number of hydrogen-bond acceptors (Lipinski definition) is 8. The van der Waals surface area contributed by atoms with Gasteiger partial charge in [0.05, 0.1) is 25.3 Å². The van der Waals surface area contributed by atoms with Gasteiger partial charge in [0, 0.05) is 11.4 Å². The van der Waals surface area contributed by atoms with Gasteiger partial charge in [-0.3, -0.25) is 14.4 Å². The Morgan fingerprint density at radius 1 is 0.932 bits per heavy atom. The van der Waals surface area contributed by atoms with Crippen LogP contribution >= 0.6 is 11.8 Å². The first-order chi connectivity index (χ1) is 21.1. The predicted molar refractivity (Wildman–Crippen MR) is 156 cm³/mol. The monoisotopic (exact) mass is 629 g/mol. The van der Waals surface area contributed by atoms with Crippen molar-refractivity contribution in [2.45, 2.75) is 23.4 Å². The number of aliphatic hydroxyl groups is 2. The van der Waals surface area contributed by atoms with E-state index in [2.05, 4.69) is 10.6 Å². The molecular weight excluding hydrogens is 600 g/mol. The third kappa shape index (κ3) is 8.09. The Bertz CT molecular complexity index is 1480. The second kappa shape index (κ2) is 14.8. The second-order valence-electron chi connectivity index (χ2n) is 9.73. The Balaban J connectivity index is 1.38. The second-order valence-corrected chi connectivity index (χ2v) is 10.9. The number of carboxylic acid groups (broad SMARTS) is 1. The van der Waals surface area contributed by atoms with E-state index >= 15 is 0 Å². The van der Waals surface area contributed by atoms with E-state index in [-0.39, 0.29) is 11.7 Å². The van der Waals surface area contributed by atoms with E-state index in [4.69, 9.17) is 14.9 Å². The molecule has 232 valence electrons.